The fourth-order valence-electron chi connectivity index (χ4n) is 3.03. The molecule has 136 valence electrons. The van der Waals surface area contributed by atoms with E-state index in [0.717, 1.165) is 4.90 Å². The minimum absolute atomic E-state index is 0.0628. The number of carbonyl (C=O) groups is 3. The number of rotatable bonds is 5. The van der Waals surface area contributed by atoms with E-state index in [4.69, 9.17) is 10.00 Å². The molecule has 0 spiro atoms. The number of nitriles is 1. The molecule has 2 aromatic carbocycles. The van der Waals surface area contributed by atoms with E-state index < -0.39 is 23.8 Å². The summed E-state index contributed by atoms with van der Waals surface area (Å²) in [6.45, 7) is 3.81. The maximum absolute atomic E-state index is 12.8. The van der Waals surface area contributed by atoms with Crippen LogP contribution in [0.5, 0.6) is 5.75 Å². The van der Waals surface area contributed by atoms with Gasteiger partial charge >= 0.3 is 5.97 Å². The van der Waals surface area contributed by atoms with Gasteiger partial charge in [-0.3, -0.25) is 14.5 Å². The van der Waals surface area contributed by atoms with Crippen molar-refractivity contribution in [3.63, 3.8) is 0 Å². The van der Waals surface area contributed by atoms with Crippen molar-refractivity contribution in [3.05, 3.63) is 65.2 Å². The van der Waals surface area contributed by atoms with Crippen molar-refractivity contribution in [2.75, 3.05) is 0 Å². The zero-order chi connectivity index (χ0) is 19.6. The molecule has 3 rings (SSSR count). The predicted octanol–water partition coefficient (Wildman–Crippen LogP) is 3.17. The highest BCUT2D eigenvalue weighted by molar-refractivity contribution is 6.22. The van der Waals surface area contributed by atoms with Gasteiger partial charge in [-0.25, -0.2) is 4.79 Å². The van der Waals surface area contributed by atoms with Crippen LogP contribution in [0.15, 0.2) is 48.5 Å². The van der Waals surface area contributed by atoms with Gasteiger partial charge in [-0.15, -0.1) is 0 Å². The molecule has 1 atom stereocenters. The molecule has 0 aliphatic carbocycles. The highest BCUT2D eigenvalue weighted by Crippen LogP contribution is 2.28. The van der Waals surface area contributed by atoms with Gasteiger partial charge in [-0.05, 0) is 48.7 Å². The Kier molecular flexibility index (Phi) is 5.04. The van der Waals surface area contributed by atoms with Crippen LogP contribution in [0.1, 0.15) is 46.5 Å². The molecule has 27 heavy (non-hydrogen) atoms. The molecule has 1 aliphatic rings. The summed E-state index contributed by atoms with van der Waals surface area (Å²) in [5.74, 6) is -1.34. The van der Waals surface area contributed by atoms with Crippen LogP contribution >= 0.6 is 0 Å². The Hall–Kier alpha value is -3.46. The highest BCUT2D eigenvalue weighted by atomic mass is 16.5. The first-order valence-electron chi connectivity index (χ1n) is 8.61. The Morgan fingerprint density at radius 1 is 1.04 bits per heavy atom. The third kappa shape index (κ3) is 3.58. The molecule has 1 heterocycles. The molecule has 0 aromatic heterocycles. The topological polar surface area (TPSA) is 87.5 Å². The SMILES string of the molecule is CC(C)C[C@H](C(=O)Oc1ccc(C#N)cc1)N1C(=O)c2ccccc2C1=O. The minimum atomic E-state index is -1.02. The van der Waals surface area contributed by atoms with Crippen LogP contribution in [-0.4, -0.2) is 28.7 Å². The predicted molar refractivity (Wildman–Crippen MR) is 97.0 cm³/mol. The zero-order valence-corrected chi connectivity index (χ0v) is 15.0. The van der Waals surface area contributed by atoms with Crippen molar-refractivity contribution in [1.29, 1.82) is 5.26 Å². The van der Waals surface area contributed by atoms with E-state index in [1.54, 1.807) is 24.3 Å². The van der Waals surface area contributed by atoms with Gasteiger partial charge in [0.1, 0.15) is 11.8 Å². The Labute approximate surface area is 157 Å². The van der Waals surface area contributed by atoms with Gasteiger partial charge in [0.15, 0.2) is 0 Å². The van der Waals surface area contributed by atoms with Gasteiger partial charge < -0.3 is 4.74 Å². The monoisotopic (exact) mass is 362 g/mol. The number of hydrogen-bond donors (Lipinski definition) is 0. The van der Waals surface area contributed by atoms with Gasteiger partial charge in [0, 0.05) is 0 Å². The maximum atomic E-state index is 12.8. The highest BCUT2D eigenvalue weighted by Gasteiger charge is 2.43. The van der Waals surface area contributed by atoms with E-state index in [1.807, 2.05) is 19.9 Å². The molecule has 0 fully saturated rings. The molecule has 0 radical (unpaired) electrons. The van der Waals surface area contributed by atoms with Crippen molar-refractivity contribution >= 4 is 17.8 Å². The van der Waals surface area contributed by atoms with Crippen molar-refractivity contribution in [3.8, 4) is 11.8 Å². The average molecular weight is 362 g/mol. The largest absolute Gasteiger partial charge is 0.425 e. The Balaban J connectivity index is 1.88. The summed E-state index contributed by atoms with van der Waals surface area (Å²) < 4.78 is 5.39. The Bertz CT molecular complexity index is 906. The molecule has 2 amide bonds. The van der Waals surface area contributed by atoms with Gasteiger partial charge in [0.05, 0.1) is 22.8 Å². The van der Waals surface area contributed by atoms with E-state index in [-0.39, 0.29) is 11.7 Å². The van der Waals surface area contributed by atoms with Crippen molar-refractivity contribution in [2.24, 2.45) is 5.92 Å². The van der Waals surface area contributed by atoms with Crippen LogP contribution in [-0.2, 0) is 4.79 Å². The number of ether oxygens (including phenoxy) is 1. The van der Waals surface area contributed by atoms with Crippen LogP contribution < -0.4 is 4.74 Å². The third-order valence-corrected chi connectivity index (χ3v) is 4.31. The summed E-state index contributed by atoms with van der Waals surface area (Å²) >= 11 is 0. The third-order valence-electron chi connectivity index (χ3n) is 4.31. The molecule has 0 unspecified atom stereocenters. The second-order valence-electron chi connectivity index (χ2n) is 6.73. The standard InChI is InChI=1S/C21H18N2O4/c1-13(2)11-18(21(26)27-15-9-7-14(12-22)8-10-15)23-19(24)16-5-3-4-6-17(16)20(23)25/h3-10,13,18H,11H2,1-2H3/t18-/m1/s1. The number of amides is 2. The smallest absolute Gasteiger partial charge is 0.334 e. The lowest BCUT2D eigenvalue weighted by atomic mass is 10.0. The normalized spacial score (nSPS) is 14.1. The van der Waals surface area contributed by atoms with Crippen LogP contribution in [0.2, 0.25) is 0 Å². The molecular weight excluding hydrogens is 344 g/mol. The zero-order valence-electron chi connectivity index (χ0n) is 15.0. The van der Waals surface area contributed by atoms with Gasteiger partial charge in [0.2, 0.25) is 0 Å². The Morgan fingerprint density at radius 3 is 2.07 bits per heavy atom. The van der Waals surface area contributed by atoms with Crippen molar-refractivity contribution in [1.82, 2.24) is 4.90 Å². The average Bonchev–Trinajstić information content (AvgIpc) is 2.91. The minimum Gasteiger partial charge on any atom is -0.425 e. The Morgan fingerprint density at radius 2 is 1.59 bits per heavy atom. The fourth-order valence-corrected chi connectivity index (χ4v) is 3.03. The van der Waals surface area contributed by atoms with Gasteiger partial charge in [-0.2, -0.15) is 5.26 Å². The maximum Gasteiger partial charge on any atom is 0.334 e. The second kappa shape index (κ2) is 7.42. The molecule has 0 saturated carbocycles. The van der Waals surface area contributed by atoms with Crippen molar-refractivity contribution in [2.45, 2.75) is 26.3 Å². The number of nitrogens with zero attached hydrogens (tertiary/aromatic N) is 2. The quantitative estimate of drug-likeness (QED) is 0.463. The first kappa shape index (κ1) is 18.3. The molecule has 2 aromatic rings. The summed E-state index contributed by atoms with van der Waals surface area (Å²) in [5, 5.41) is 8.85. The fraction of sp³-hybridized carbons (Fsp3) is 0.238. The summed E-state index contributed by atoms with van der Waals surface area (Å²) in [6.07, 6.45) is 0.292. The van der Waals surface area contributed by atoms with E-state index in [2.05, 4.69) is 0 Å². The van der Waals surface area contributed by atoms with E-state index in [9.17, 15) is 14.4 Å². The molecule has 6 nitrogen and oxygen atoms in total. The lowest BCUT2D eigenvalue weighted by molar-refractivity contribution is -0.139. The number of fused-ring (bicyclic) bond motifs is 1. The molecule has 0 saturated heterocycles. The number of carbonyl (C=O) groups excluding carboxylic acids is 3. The van der Waals surface area contributed by atoms with E-state index in [1.165, 1.54) is 24.3 Å². The van der Waals surface area contributed by atoms with Crippen LogP contribution in [0.4, 0.5) is 0 Å². The lowest BCUT2D eigenvalue weighted by Gasteiger charge is -2.25. The van der Waals surface area contributed by atoms with Crippen LogP contribution in [0, 0.1) is 17.2 Å². The number of benzene rings is 2. The number of hydrogen-bond acceptors (Lipinski definition) is 5. The molecule has 0 N–H and O–H groups in total. The first-order valence-corrected chi connectivity index (χ1v) is 8.61. The number of esters is 1. The molecule has 6 heteroatoms. The second-order valence-corrected chi connectivity index (χ2v) is 6.73. The summed E-state index contributed by atoms with van der Waals surface area (Å²) in [6, 6.07) is 13.6. The molecule has 1 aliphatic heterocycles. The summed E-state index contributed by atoms with van der Waals surface area (Å²) in [5.41, 5.74) is 1.03. The van der Waals surface area contributed by atoms with Crippen LogP contribution in [0.25, 0.3) is 0 Å². The van der Waals surface area contributed by atoms with E-state index >= 15 is 0 Å². The van der Waals surface area contributed by atoms with Crippen LogP contribution in [0.3, 0.4) is 0 Å². The number of imide groups is 1. The lowest BCUT2D eigenvalue weighted by Crippen LogP contribution is -2.47. The summed E-state index contributed by atoms with van der Waals surface area (Å²) in [7, 11) is 0. The molecular formula is C21H18N2O4. The van der Waals surface area contributed by atoms with E-state index in [0.29, 0.717) is 23.1 Å². The first-order chi connectivity index (χ1) is 12.9. The van der Waals surface area contributed by atoms with Crippen molar-refractivity contribution < 1.29 is 19.1 Å². The summed E-state index contributed by atoms with van der Waals surface area (Å²) in [4.78, 5) is 39.3. The van der Waals surface area contributed by atoms with Gasteiger partial charge in [0.25, 0.3) is 11.8 Å². The molecule has 0 bridgehead atoms. The van der Waals surface area contributed by atoms with Gasteiger partial charge in [-0.1, -0.05) is 26.0 Å².